The smallest absolute Gasteiger partial charge is 0.261 e. The van der Waals surface area contributed by atoms with Crippen LogP contribution in [0.3, 0.4) is 0 Å². The predicted octanol–water partition coefficient (Wildman–Crippen LogP) is 1.58. The Morgan fingerprint density at radius 1 is 0.962 bits per heavy atom. The van der Waals surface area contributed by atoms with Gasteiger partial charge in [-0.25, -0.2) is 0 Å². The first-order valence-corrected chi connectivity index (χ1v) is 8.79. The fraction of sp³-hybridized carbons (Fsp3) is 0.474. The van der Waals surface area contributed by atoms with Crippen LogP contribution in [0.5, 0.6) is 0 Å². The van der Waals surface area contributed by atoms with Crippen molar-refractivity contribution in [1.29, 1.82) is 0 Å². The van der Waals surface area contributed by atoms with Crippen LogP contribution in [0.1, 0.15) is 65.2 Å². The molecule has 0 atom stereocenters. The van der Waals surface area contributed by atoms with E-state index < -0.39 is 0 Å². The normalized spacial score (nSPS) is 13.4. The van der Waals surface area contributed by atoms with E-state index in [1.54, 1.807) is 13.8 Å². The molecule has 1 aliphatic heterocycles. The molecule has 1 heterocycles. The number of carbonyl (C=O) groups is 4. The van der Waals surface area contributed by atoms with E-state index in [4.69, 9.17) is 0 Å². The Kier molecular flexibility index (Phi) is 6.13. The molecule has 7 nitrogen and oxygen atoms in total. The minimum atomic E-state index is -0.379. The summed E-state index contributed by atoms with van der Waals surface area (Å²) in [6.45, 7) is 8.07. The highest BCUT2D eigenvalue weighted by molar-refractivity contribution is 6.22. The molecule has 26 heavy (non-hydrogen) atoms. The van der Waals surface area contributed by atoms with Gasteiger partial charge in [0, 0.05) is 31.1 Å². The molecular weight excluding hydrogens is 334 g/mol. The monoisotopic (exact) mass is 359 g/mol. The highest BCUT2D eigenvalue weighted by Crippen LogP contribution is 2.25. The summed E-state index contributed by atoms with van der Waals surface area (Å²) < 4.78 is 0. The minimum absolute atomic E-state index is 0.0512. The first-order valence-electron chi connectivity index (χ1n) is 8.79. The van der Waals surface area contributed by atoms with Crippen molar-refractivity contribution in [2.24, 2.45) is 5.92 Å². The van der Waals surface area contributed by atoms with Gasteiger partial charge < -0.3 is 10.6 Å². The number of nitrogens with one attached hydrogen (secondary N) is 2. The van der Waals surface area contributed by atoms with Crippen molar-refractivity contribution in [3.63, 3.8) is 0 Å². The Morgan fingerprint density at radius 3 is 2.19 bits per heavy atom. The van der Waals surface area contributed by atoms with Gasteiger partial charge in [-0.2, -0.15) is 0 Å². The predicted molar refractivity (Wildman–Crippen MR) is 96.9 cm³/mol. The molecule has 1 aromatic carbocycles. The molecule has 0 saturated carbocycles. The SMILES string of the molecule is CC(C)CC(=O)NCCNC(=O)c1ccc2c(c1)C(=O)N(C(C)C)C2=O. The summed E-state index contributed by atoms with van der Waals surface area (Å²) >= 11 is 0. The average molecular weight is 359 g/mol. The van der Waals surface area contributed by atoms with Gasteiger partial charge in [0.2, 0.25) is 5.91 Å². The molecule has 0 radical (unpaired) electrons. The number of amides is 4. The molecule has 1 aromatic rings. The van der Waals surface area contributed by atoms with Crippen LogP contribution in [0, 0.1) is 5.92 Å². The lowest BCUT2D eigenvalue weighted by Crippen LogP contribution is -2.36. The molecule has 0 saturated heterocycles. The van der Waals surface area contributed by atoms with Crippen LogP contribution in [0.15, 0.2) is 18.2 Å². The molecule has 1 aliphatic rings. The van der Waals surface area contributed by atoms with Crippen molar-refractivity contribution in [3.05, 3.63) is 34.9 Å². The maximum atomic E-state index is 12.4. The number of hydrogen-bond donors (Lipinski definition) is 2. The number of carbonyl (C=O) groups excluding carboxylic acids is 4. The van der Waals surface area contributed by atoms with Crippen LogP contribution in [0.4, 0.5) is 0 Å². The topological polar surface area (TPSA) is 95.6 Å². The summed E-state index contributed by atoms with van der Waals surface area (Å²) in [4.78, 5) is 49.6. The van der Waals surface area contributed by atoms with Crippen LogP contribution < -0.4 is 10.6 Å². The summed E-state index contributed by atoms with van der Waals surface area (Å²) in [6.07, 6.45) is 0.446. The van der Waals surface area contributed by atoms with Crippen molar-refractivity contribution in [3.8, 4) is 0 Å². The largest absolute Gasteiger partial charge is 0.354 e. The number of hydrogen-bond acceptors (Lipinski definition) is 4. The van der Waals surface area contributed by atoms with Crippen molar-refractivity contribution in [2.75, 3.05) is 13.1 Å². The van der Waals surface area contributed by atoms with Gasteiger partial charge in [-0.3, -0.25) is 24.1 Å². The standard InChI is InChI=1S/C19H25N3O4/c1-11(2)9-16(23)20-7-8-21-17(24)13-5-6-14-15(10-13)19(26)22(12(3)4)18(14)25/h5-6,10-12H,7-9H2,1-4H3,(H,20,23)(H,21,24). The average Bonchev–Trinajstić information content (AvgIpc) is 2.81. The Morgan fingerprint density at radius 2 is 1.58 bits per heavy atom. The van der Waals surface area contributed by atoms with Crippen LogP contribution >= 0.6 is 0 Å². The van der Waals surface area contributed by atoms with Gasteiger partial charge in [0.05, 0.1) is 11.1 Å². The van der Waals surface area contributed by atoms with E-state index in [-0.39, 0.29) is 47.7 Å². The van der Waals surface area contributed by atoms with E-state index in [0.29, 0.717) is 24.1 Å². The number of rotatable bonds is 7. The van der Waals surface area contributed by atoms with Gasteiger partial charge in [-0.15, -0.1) is 0 Å². The minimum Gasteiger partial charge on any atom is -0.354 e. The molecule has 7 heteroatoms. The fourth-order valence-electron chi connectivity index (χ4n) is 2.79. The third-order valence-corrected chi connectivity index (χ3v) is 4.02. The second kappa shape index (κ2) is 8.12. The molecule has 0 unspecified atom stereocenters. The Balaban J connectivity index is 1.95. The number of fused-ring (bicyclic) bond motifs is 1. The molecule has 0 fully saturated rings. The second-order valence-corrected chi connectivity index (χ2v) is 7.04. The number of nitrogens with zero attached hydrogens (tertiary/aromatic N) is 1. The lowest BCUT2D eigenvalue weighted by Gasteiger charge is -2.17. The van der Waals surface area contributed by atoms with Gasteiger partial charge in [0.1, 0.15) is 0 Å². The fourth-order valence-corrected chi connectivity index (χ4v) is 2.79. The van der Waals surface area contributed by atoms with Gasteiger partial charge >= 0.3 is 0 Å². The quantitative estimate of drug-likeness (QED) is 0.571. The molecule has 2 rings (SSSR count). The summed E-state index contributed by atoms with van der Waals surface area (Å²) in [5.74, 6) is -0.837. The van der Waals surface area contributed by atoms with E-state index in [9.17, 15) is 19.2 Å². The van der Waals surface area contributed by atoms with Crippen molar-refractivity contribution in [1.82, 2.24) is 15.5 Å². The Hall–Kier alpha value is -2.70. The first-order chi connectivity index (χ1) is 12.2. The highest BCUT2D eigenvalue weighted by Gasteiger charge is 2.37. The second-order valence-electron chi connectivity index (χ2n) is 7.04. The number of imide groups is 1. The third kappa shape index (κ3) is 4.28. The Bertz CT molecular complexity index is 740. The first kappa shape index (κ1) is 19.6. The van der Waals surface area contributed by atoms with Crippen LogP contribution in [0.25, 0.3) is 0 Å². The highest BCUT2D eigenvalue weighted by atomic mass is 16.2. The van der Waals surface area contributed by atoms with Gasteiger partial charge in [0.25, 0.3) is 17.7 Å². The third-order valence-electron chi connectivity index (χ3n) is 4.02. The zero-order chi connectivity index (χ0) is 19.4. The van der Waals surface area contributed by atoms with E-state index in [0.717, 1.165) is 0 Å². The molecule has 0 aromatic heterocycles. The van der Waals surface area contributed by atoms with E-state index in [1.165, 1.54) is 23.1 Å². The van der Waals surface area contributed by atoms with E-state index in [2.05, 4.69) is 10.6 Å². The van der Waals surface area contributed by atoms with Gasteiger partial charge in [-0.1, -0.05) is 13.8 Å². The van der Waals surface area contributed by atoms with Crippen LogP contribution in [-0.4, -0.2) is 47.7 Å². The van der Waals surface area contributed by atoms with E-state index in [1.807, 2.05) is 13.8 Å². The zero-order valence-electron chi connectivity index (χ0n) is 15.6. The molecular formula is C19H25N3O4. The van der Waals surface area contributed by atoms with Crippen molar-refractivity contribution >= 4 is 23.6 Å². The lowest BCUT2D eigenvalue weighted by molar-refractivity contribution is -0.121. The Labute approximate surface area is 153 Å². The molecule has 0 bridgehead atoms. The van der Waals surface area contributed by atoms with Crippen molar-refractivity contribution < 1.29 is 19.2 Å². The van der Waals surface area contributed by atoms with Crippen molar-refractivity contribution in [2.45, 2.75) is 40.2 Å². The molecule has 0 aliphatic carbocycles. The van der Waals surface area contributed by atoms with Crippen LogP contribution in [-0.2, 0) is 4.79 Å². The molecule has 0 spiro atoms. The maximum absolute atomic E-state index is 12.4. The number of benzene rings is 1. The maximum Gasteiger partial charge on any atom is 0.261 e. The summed E-state index contributed by atoms with van der Waals surface area (Å²) in [5, 5.41) is 5.43. The lowest BCUT2D eigenvalue weighted by atomic mass is 10.1. The summed E-state index contributed by atoms with van der Waals surface area (Å²) in [7, 11) is 0. The van der Waals surface area contributed by atoms with Gasteiger partial charge in [-0.05, 0) is 38.0 Å². The molecule has 2 N–H and O–H groups in total. The molecule has 4 amide bonds. The van der Waals surface area contributed by atoms with Gasteiger partial charge in [0.15, 0.2) is 0 Å². The van der Waals surface area contributed by atoms with Crippen LogP contribution in [0.2, 0.25) is 0 Å². The molecule has 140 valence electrons. The summed E-state index contributed by atoms with van der Waals surface area (Å²) in [5.41, 5.74) is 0.881. The van der Waals surface area contributed by atoms with E-state index >= 15 is 0 Å². The summed E-state index contributed by atoms with van der Waals surface area (Å²) in [6, 6.07) is 4.25. The zero-order valence-corrected chi connectivity index (χ0v) is 15.6.